The van der Waals surface area contributed by atoms with Gasteiger partial charge in [-0.05, 0) is 24.3 Å². The number of nitrogens with zero attached hydrogens (tertiary/aromatic N) is 3. The molecule has 7 nitrogen and oxygen atoms in total. The molecule has 0 aliphatic carbocycles. The standard InChI is InChI=1S/C15H22N4O3S2/c1-11(2)14-16-15(18-17-14)23-10-9-22-12-5-7-13(8-6-12)24(20,21)19(3)4/h5-8,11H,9-10H2,1-4H3,(H,16,17,18). The number of hydrogen-bond acceptors (Lipinski definition) is 6. The van der Waals surface area contributed by atoms with Gasteiger partial charge in [0.05, 0.1) is 11.5 Å². The van der Waals surface area contributed by atoms with E-state index in [-0.39, 0.29) is 4.90 Å². The summed E-state index contributed by atoms with van der Waals surface area (Å²) in [6, 6.07) is 6.40. The van der Waals surface area contributed by atoms with Gasteiger partial charge in [-0.15, -0.1) is 5.10 Å². The Labute approximate surface area is 146 Å². The molecule has 24 heavy (non-hydrogen) atoms. The third-order valence-electron chi connectivity index (χ3n) is 3.21. The van der Waals surface area contributed by atoms with Crippen molar-refractivity contribution in [3.05, 3.63) is 30.1 Å². The second-order valence-corrected chi connectivity index (χ2v) is 8.83. The molecule has 0 atom stereocenters. The van der Waals surface area contributed by atoms with Crippen LogP contribution in [0, 0.1) is 0 Å². The number of benzene rings is 1. The molecule has 0 aliphatic rings. The van der Waals surface area contributed by atoms with Crippen molar-refractivity contribution in [2.75, 3.05) is 26.5 Å². The van der Waals surface area contributed by atoms with Crippen LogP contribution in [0.15, 0.2) is 34.3 Å². The van der Waals surface area contributed by atoms with Crippen LogP contribution in [0.3, 0.4) is 0 Å². The molecule has 0 radical (unpaired) electrons. The smallest absolute Gasteiger partial charge is 0.242 e. The molecule has 1 aromatic heterocycles. The molecular formula is C15H22N4O3S2. The number of sulfonamides is 1. The second-order valence-electron chi connectivity index (χ2n) is 5.61. The van der Waals surface area contributed by atoms with Crippen molar-refractivity contribution >= 4 is 21.8 Å². The number of ether oxygens (including phenoxy) is 1. The van der Waals surface area contributed by atoms with E-state index in [0.717, 1.165) is 5.82 Å². The van der Waals surface area contributed by atoms with Crippen molar-refractivity contribution in [3.8, 4) is 5.75 Å². The van der Waals surface area contributed by atoms with Gasteiger partial charge < -0.3 is 4.74 Å². The molecule has 0 fully saturated rings. The van der Waals surface area contributed by atoms with Crippen molar-refractivity contribution in [2.24, 2.45) is 0 Å². The van der Waals surface area contributed by atoms with Gasteiger partial charge in [0.2, 0.25) is 15.2 Å². The van der Waals surface area contributed by atoms with Gasteiger partial charge in [0, 0.05) is 25.8 Å². The summed E-state index contributed by atoms with van der Waals surface area (Å²) in [5.74, 6) is 2.52. The highest BCUT2D eigenvalue weighted by atomic mass is 32.2. The van der Waals surface area contributed by atoms with Crippen LogP contribution in [-0.2, 0) is 10.0 Å². The summed E-state index contributed by atoms with van der Waals surface area (Å²) < 4.78 is 30.7. The molecule has 1 N–H and O–H groups in total. The Morgan fingerprint density at radius 1 is 1.25 bits per heavy atom. The highest BCUT2D eigenvalue weighted by Gasteiger charge is 2.16. The first-order valence-electron chi connectivity index (χ1n) is 7.51. The molecule has 1 aromatic carbocycles. The number of aromatic amines is 1. The Bertz CT molecular complexity index is 755. The Balaban J connectivity index is 1.82. The maximum atomic E-state index is 12.0. The maximum absolute atomic E-state index is 12.0. The van der Waals surface area contributed by atoms with Gasteiger partial charge in [0.25, 0.3) is 0 Å². The number of hydrogen-bond donors (Lipinski definition) is 1. The van der Waals surface area contributed by atoms with Crippen LogP contribution < -0.4 is 4.74 Å². The minimum Gasteiger partial charge on any atom is -0.493 e. The molecule has 0 spiro atoms. The molecule has 0 bridgehead atoms. The summed E-state index contributed by atoms with van der Waals surface area (Å²) in [4.78, 5) is 4.63. The van der Waals surface area contributed by atoms with E-state index in [0.29, 0.717) is 29.2 Å². The Kier molecular flexibility index (Phi) is 6.25. The Morgan fingerprint density at radius 2 is 1.92 bits per heavy atom. The van der Waals surface area contributed by atoms with Gasteiger partial charge in [-0.25, -0.2) is 17.7 Å². The zero-order valence-electron chi connectivity index (χ0n) is 14.2. The topological polar surface area (TPSA) is 88.2 Å². The highest BCUT2D eigenvalue weighted by Crippen LogP contribution is 2.19. The summed E-state index contributed by atoms with van der Waals surface area (Å²) in [5.41, 5.74) is 0. The van der Waals surface area contributed by atoms with E-state index < -0.39 is 10.0 Å². The van der Waals surface area contributed by atoms with E-state index >= 15 is 0 Å². The molecule has 2 aromatic rings. The molecule has 0 amide bonds. The maximum Gasteiger partial charge on any atom is 0.242 e. The quantitative estimate of drug-likeness (QED) is 0.567. The first-order chi connectivity index (χ1) is 11.3. The van der Waals surface area contributed by atoms with Crippen molar-refractivity contribution in [1.82, 2.24) is 19.5 Å². The van der Waals surface area contributed by atoms with Gasteiger partial charge in [0.15, 0.2) is 0 Å². The van der Waals surface area contributed by atoms with E-state index in [9.17, 15) is 8.42 Å². The average Bonchev–Trinajstić information content (AvgIpc) is 3.01. The van der Waals surface area contributed by atoms with Crippen molar-refractivity contribution < 1.29 is 13.2 Å². The first-order valence-corrected chi connectivity index (χ1v) is 9.93. The second kappa shape index (κ2) is 8.00. The average molecular weight is 371 g/mol. The molecule has 0 unspecified atom stereocenters. The Morgan fingerprint density at radius 3 is 2.46 bits per heavy atom. The van der Waals surface area contributed by atoms with E-state index in [1.807, 2.05) is 0 Å². The van der Waals surface area contributed by atoms with Crippen LogP contribution in [0.1, 0.15) is 25.6 Å². The van der Waals surface area contributed by atoms with Crippen molar-refractivity contribution in [2.45, 2.75) is 29.8 Å². The Hall–Kier alpha value is -1.58. The van der Waals surface area contributed by atoms with Crippen LogP contribution in [0.4, 0.5) is 0 Å². The van der Waals surface area contributed by atoms with E-state index in [1.165, 1.54) is 30.2 Å². The fraction of sp³-hybridized carbons (Fsp3) is 0.467. The summed E-state index contributed by atoms with van der Waals surface area (Å²) in [5, 5.41) is 7.75. The largest absolute Gasteiger partial charge is 0.493 e. The molecule has 1 heterocycles. The lowest BCUT2D eigenvalue weighted by Crippen LogP contribution is -2.22. The zero-order chi connectivity index (χ0) is 17.7. The van der Waals surface area contributed by atoms with Crippen LogP contribution in [-0.4, -0.2) is 54.4 Å². The minimum atomic E-state index is -3.41. The number of nitrogens with one attached hydrogen (secondary N) is 1. The van der Waals surface area contributed by atoms with Crippen LogP contribution in [0.5, 0.6) is 5.75 Å². The van der Waals surface area contributed by atoms with Gasteiger partial charge in [0.1, 0.15) is 11.6 Å². The molecule has 9 heteroatoms. The number of thioether (sulfide) groups is 1. The normalized spacial score (nSPS) is 12.1. The van der Waals surface area contributed by atoms with Gasteiger partial charge >= 0.3 is 0 Å². The lowest BCUT2D eigenvalue weighted by molar-refractivity contribution is 0.343. The summed E-state index contributed by atoms with van der Waals surface area (Å²) in [7, 11) is -0.397. The summed E-state index contributed by atoms with van der Waals surface area (Å²) in [6.07, 6.45) is 0. The fourth-order valence-electron chi connectivity index (χ4n) is 1.79. The lowest BCUT2D eigenvalue weighted by Gasteiger charge is -2.12. The van der Waals surface area contributed by atoms with Gasteiger partial charge in [-0.2, -0.15) is 0 Å². The minimum absolute atomic E-state index is 0.246. The lowest BCUT2D eigenvalue weighted by atomic mass is 10.2. The highest BCUT2D eigenvalue weighted by molar-refractivity contribution is 7.99. The van der Waals surface area contributed by atoms with Crippen LogP contribution in [0.2, 0.25) is 0 Å². The third kappa shape index (κ3) is 4.71. The third-order valence-corrected chi connectivity index (χ3v) is 5.86. The van der Waals surface area contributed by atoms with Crippen molar-refractivity contribution in [1.29, 1.82) is 0 Å². The number of rotatable bonds is 8. The van der Waals surface area contributed by atoms with Gasteiger partial charge in [-0.3, -0.25) is 5.10 Å². The SMILES string of the molecule is CC(C)c1nc(SCCOc2ccc(S(=O)(=O)N(C)C)cc2)n[nH]1. The number of aromatic nitrogens is 3. The molecule has 132 valence electrons. The monoisotopic (exact) mass is 370 g/mol. The molecule has 0 saturated carbocycles. The fourth-order valence-corrected chi connectivity index (χ4v) is 3.32. The number of H-pyrrole nitrogens is 1. The predicted octanol–water partition coefficient (Wildman–Crippen LogP) is 2.35. The van der Waals surface area contributed by atoms with E-state index in [2.05, 4.69) is 29.0 Å². The molecule has 0 aliphatic heterocycles. The molecule has 0 saturated heterocycles. The zero-order valence-corrected chi connectivity index (χ0v) is 15.8. The van der Waals surface area contributed by atoms with E-state index in [4.69, 9.17) is 4.74 Å². The van der Waals surface area contributed by atoms with Crippen LogP contribution in [0.25, 0.3) is 0 Å². The van der Waals surface area contributed by atoms with E-state index in [1.54, 1.807) is 24.3 Å². The van der Waals surface area contributed by atoms with Gasteiger partial charge in [-0.1, -0.05) is 25.6 Å². The van der Waals surface area contributed by atoms with Crippen molar-refractivity contribution in [3.63, 3.8) is 0 Å². The molecular weight excluding hydrogens is 348 g/mol. The predicted molar refractivity (Wildman–Crippen MR) is 94.0 cm³/mol. The first kappa shape index (κ1) is 18.8. The van der Waals surface area contributed by atoms with Crippen LogP contribution >= 0.6 is 11.8 Å². The summed E-state index contributed by atoms with van der Waals surface area (Å²) in [6.45, 7) is 4.59. The summed E-state index contributed by atoms with van der Waals surface area (Å²) >= 11 is 1.51. The molecule has 2 rings (SSSR count).